The number of aryl methyl sites for hydroxylation is 1. The Morgan fingerprint density at radius 2 is 1.74 bits per heavy atom. The van der Waals surface area contributed by atoms with Gasteiger partial charge in [0.05, 0.1) is 19.9 Å². The molecule has 0 aliphatic carbocycles. The molecule has 0 aliphatic rings. The molecule has 0 amide bonds. The lowest BCUT2D eigenvalue weighted by Crippen LogP contribution is -2.20. The predicted molar refractivity (Wildman–Crippen MR) is 103 cm³/mol. The van der Waals surface area contributed by atoms with Crippen LogP contribution in [0.3, 0.4) is 0 Å². The zero-order valence-corrected chi connectivity index (χ0v) is 15.7. The van der Waals surface area contributed by atoms with E-state index in [2.05, 4.69) is 39.6 Å². The fraction of sp³-hybridized carbons (Fsp3) is 0.235. The van der Waals surface area contributed by atoms with Gasteiger partial charge in [-0.2, -0.15) is 0 Å². The molecule has 2 aromatic carbocycles. The Hall–Kier alpha value is -1.79. The minimum absolute atomic E-state index is 0.505. The Morgan fingerprint density at radius 1 is 1.04 bits per heavy atom. The number of anilines is 2. The third-order valence-corrected chi connectivity index (χ3v) is 4.05. The average Bonchev–Trinajstić information content (AvgIpc) is 2.56. The highest BCUT2D eigenvalue weighted by molar-refractivity contribution is 9.10. The summed E-state index contributed by atoms with van der Waals surface area (Å²) in [5.41, 5.74) is 2.95. The molecule has 2 aromatic rings. The topological polar surface area (TPSA) is 42.5 Å². The molecule has 0 aliphatic heterocycles. The minimum atomic E-state index is 0.505. The summed E-state index contributed by atoms with van der Waals surface area (Å²) in [6.07, 6.45) is 0.913. The number of benzene rings is 2. The van der Waals surface area contributed by atoms with E-state index in [-0.39, 0.29) is 0 Å². The highest BCUT2D eigenvalue weighted by Crippen LogP contribution is 2.29. The molecule has 0 aromatic heterocycles. The van der Waals surface area contributed by atoms with Gasteiger partial charge >= 0.3 is 0 Å². The van der Waals surface area contributed by atoms with E-state index in [0.29, 0.717) is 10.9 Å². The smallest absolute Gasteiger partial charge is 0.175 e. The summed E-state index contributed by atoms with van der Waals surface area (Å²) in [4.78, 5) is 0. The molecule has 2 N–H and O–H groups in total. The maximum atomic E-state index is 5.41. The monoisotopic (exact) mass is 394 g/mol. The van der Waals surface area contributed by atoms with Crippen molar-refractivity contribution in [1.82, 2.24) is 0 Å². The zero-order chi connectivity index (χ0) is 16.8. The van der Waals surface area contributed by atoms with Gasteiger partial charge in [0.15, 0.2) is 5.11 Å². The van der Waals surface area contributed by atoms with Crippen LogP contribution in [0.2, 0.25) is 0 Å². The van der Waals surface area contributed by atoms with E-state index in [9.17, 15) is 0 Å². The van der Waals surface area contributed by atoms with Crippen LogP contribution in [0.1, 0.15) is 12.5 Å². The van der Waals surface area contributed by atoms with Crippen molar-refractivity contribution in [3.05, 3.63) is 46.4 Å². The van der Waals surface area contributed by atoms with Gasteiger partial charge < -0.3 is 20.1 Å². The Kier molecular flexibility index (Phi) is 6.24. The maximum absolute atomic E-state index is 5.41. The average molecular weight is 395 g/mol. The lowest BCUT2D eigenvalue weighted by Gasteiger charge is -2.16. The SMILES string of the molecule is CCc1cc(Br)ccc1NC(=S)Nc1ccc(OC)cc1OC. The van der Waals surface area contributed by atoms with Crippen molar-refractivity contribution in [2.45, 2.75) is 13.3 Å². The number of hydrogen-bond donors (Lipinski definition) is 2. The first-order chi connectivity index (χ1) is 11.1. The van der Waals surface area contributed by atoms with Gasteiger partial charge in [0.1, 0.15) is 11.5 Å². The normalized spacial score (nSPS) is 10.1. The van der Waals surface area contributed by atoms with Gasteiger partial charge in [0.25, 0.3) is 0 Å². The van der Waals surface area contributed by atoms with E-state index < -0.39 is 0 Å². The van der Waals surface area contributed by atoms with Crippen LogP contribution in [0.15, 0.2) is 40.9 Å². The standard InChI is InChI=1S/C17H19BrN2O2S/c1-4-11-9-12(18)5-7-14(11)19-17(23)20-15-8-6-13(21-2)10-16(15)22-3/h5-10H,4H2,1-3H3,(H2,19,20,23). The highest BCUT2D eigenvalue weighted by atomic mass is 79.9. The quantitative estimate of drug-likeness (QED) is 0.710. The summed E-state index contributed by atoms with van der Waals surface area (Å²) in [5.74, 6) is 1.40. The lowest BCUT2D eigenvalue weighted by atomic mass is 10.1. The van der Waals surface area contributed by atoms with E-state index in [1.807, 2.05) is 30.3 Å². The first-order valence-electron chi connectivity index (χ1n) is 7.15. The van der Waals surface area contributed by atoms with Crippen LogP contribution in [-0.2, 0) is 6.42 Å². The molecule has 6 heteroatoms. The molecule has 0 radical (unpaired) electrons. The van der Waals surface area contributed by atoms with E-state index in [1.165, 1.54) is 5.56 Å². The highest BCUT2D eigenvalue weighted by Gasteiger charge is 2.08. The van der Waals surface area contributed by atoms with Crippen molar-refractivity contribution in [3.8, 4) is 11.5 Å². The third-order valence-electron chi connectivity index (χ3n) is 3.35. The van der Waals surface area contributed by atoms with Crippen LogP contribution in [0.25, 0.3) is 0 Å². The molecule has 0 atom stereocenters. The van der Waals surface area contributed by atoms with Crippen molar-refractivity contribution in [3.63, 3.8) is 0 Å². The number of thiocarbonyl (C=S) groups is 1. The molecule has 2 rings (SSSR count). The largest absolute Gasteiger partial charge is 0.497 e. The summed E-state index contributed by atoms with van der Waals surface area (Å²) in [7, 11) is 3.23. The molecule has 122 valence electrons. The molecule has 4 nitrogen and oxygen atoms in total. The maximum Gasteiger partial charge on any atom is 0.175 e. The Balaban J connectivity index is 2.14. The first-order valence-corrected chi connectivity index (χ1v) is 8.36. The van der Waals surface area contributed by atoms with Gasteiger partial charge in [-0.15, -0.1) is 0 Å². The summed E-state index contributed by atoms with van der Waals surface area (Å²) >= 11 is 8.89. The minimum Gasteiger partial charge on any atom is -0.497 e. The van der Waals surface area contributed by atoms with Crippen LogP contribution >= 0.6 is 28.1 Å². The summed E-state index contributed by atoms with van der Waals surface area (Å²) in [6.45, 7) is 2.11. The van der Waals surface area contributed by atoms with Crippen molar-refractivity contribution in [1.29, 1.82) is 0 Å². The molecule has 0 saturated heterocycles. The summed E-state index contributed by atoms with van der Waals surface area (Å²) in [6, 6.07) is 11.6. The van der Waals surface area contributed by atoms with Gasteiger partial charge in [-0.3, -0.25) is 0 Å². The van der Waals surface area contributed by atoms with E-state index in [1.54, 1.807) is 14.2 Å². The third kappa shape index (κ3) is 4.59. The molecular formula is C17H19BrN2O2S. The number of hydrogen-bond acceptors (Lipinski definition) is 3. The molecule has 0 saturated carbocycles. The van der Waals surface area contributed by atoms with Gasteiger partial charge in [-0.05, 0) is 54.5 Å². The first kappa shape index (κ1) is 17.6. The number of nitrogens with one attached hydrogen (secondary N) is 2. The second-order valence-corrected chi connectivity index (χ2v) is 6.12. The molecule has 0 fully saturated rings. The van der Waals surface area contributed by atoms with Gasteiger partial charge in [0.2, 0.25) is 0 Å². The van der Waals surface area contributed by atoms with Crippen LogP contribution in [-0.4, -0.2) is 19.3 Å². The summed E-state index contributed by atoms with van der Waals surface area (Å²) in [5, 5.41) is 6.89. The van der Waals surface area contributed by atoms with Gasteiger partial charge in [-0.1, -0.05) is 22.9 Å². The molecule has 0 heterocycles. The van der Waals surface area contributed by atoms with Crippen molar-refractivity contribution < 1.29 is 9.47 Å². The van der Waals surface area contributed by atoms with Crippen LogP contribution in [0.5, 0.6) is 11.5 Å². The number of methoxy groups -OCH3 is 2. The number of rotatable bonds is 5. The van der Waals surface area contributed by atoms with Crippen molar-refractivity contribution in [2.75, 3.05) is 24.9 Å². The lowest BCUT2D eigenvalue weighted by molar-refractivity contribution is 0.395. The van der Waals surface area contributed by atoms with Crippen LogP contribution in [0, 0.1) is 0 Å². The predicted octanol–water partition coefficient (Wildman–Crippen LogP) is 4.84. The van der Waals surface area contributed by atoms with Crippen LogP contribution in [0.4, 0.5) is 11.4 Å². The summed E-state index contributed by atoms with van der Waals surface area (Å²) < 4.78 is 11.6. The number of halogens is 1. The Labute approximate surface area is 150 Å². The zero-order valence-electron chi connectivity index (χ0n) is 13.3. The Morgan fingerprint density at radius 3 is 2.39 bits per heavy atom. The van der Waals surface area contributed by atoms with Crippen molar-refractivity contribution >= 4 is 44.6 Å². The molecule has 0 bridgehead atoms. The second kappa shape index (κ2) is 8.17. The van der Waals surface area contributed by atoms with E-state index in [4.69, 9.17) is 21.7 Å². The van der Waals surface area contributed by atoms with Gasteiger partial charge in [0, 0.05) is 16.2 Å². The fourth-order valence-corrected chi connectivity index (χ4v) is 2.78. The van der Waals surface area contributed by atoms with Gasteiger partial charge in [-0.25, -0.2) is 0 Å². The van der Waals surface area contributed by atoms with Crippen LogP contribution < -0.4 is 20.1 Å². The molecule has 0 unspecified atom stereocenters. The molecule has 23 heavy (non-hydrogen) atoms. The fourth-order valence-electron chi connectivity index (χ4n) is 2.15. The van der Waals surface area contributed by atoms with E-state index in [0.717, 1.165) is 28.0 Å². The molecular weight excluding hydrogens is 376 g/mol. The van der Waals surface area contributed by atoms with E-state index >= 15 is 0 Å². The molecule has 0 spiro atoms. The second-order valence-electron chi connectivity index (χ2n) is 4.80. The van der Waals surface area contributed by atoms with Crippen molar-refractivity contribution in [2.24, 2.45) is 0 Å². The Bertz CT molecular complexity index is 707. The number of ether oxygens (including phenoxy) is 2.